The van der Waals surface area contributed by atoms with Crippen molar-refractivity contribution >= 4 is 11.9 Å². The maximum atomic E-state index is 14.4. The van der Waals surface area contributed by atoms with Gasteiger partial charge in [-0.3, -0.25) is 4.79 Å². The van der Waals surface area contributed by atoms with E-state index in [2.05, 4.69) is 16.8 Å². The number of fused-ring (bicyclic) bond motifs is 3. The first-order valence-electron chi connectivity index (χ1n) is 8.33. The van der Waals surface area contributed by atoms with E-state index in [0.29, 0.717) is 5.56 Å². The summed E-state index contributed by atoms with van der Waals surface area (Å²) in [5, 5.41) is 9.76. The molecule has 0 saturated heterocycles. The number of hydrogen-bond acceptors (Lipinski definition) is 6. The van der Waals surface area contributed by atoms with E-state index in [1.165, 1.54) is 31.6 Å². The van der Waals surface area contributed by atoms with Crippen LogP contribution in [0.2, 0.25) is 0 Å². The Bertz CT molecular complexity index is 1040. The van der Waals surface area contributed by atoms with Crippen molar-refractivity contribution in [2.75, 3.05) is 13.7 Å². The molecule has 3 N–H and O–H groups in total. The monoisotopic (exact) mass is 387 g/mol. The van der Waals surface area contributed by atoms with Gasteiger partial charge in [0.25, 0.3) is 5.91 Å². The normalized spacial score (nSPS) is 12.6. The second kappa shape index (κ2) is 6.98. The molecule has 1 aromatic carbocycles. The van der Waals surface area contributed by atoms with Gasteiger partial charge in [-0.15, -0.1) is 0 Å². The van der Waals surface area contributed by atoms with Crippen molar-refractivity contribution in [1.29, 1.82) is 0 Å². The van der Waals surface area contributed by atoms with Crippen molar-refractivity contribution < 1.29 is 28.6 Å². The summed E-state index contributed by atoms with van der Waals surface area (Å²) in [5.74, 6) is 3.19. The number of rotatable bonds is 2. The number of amides is 1. The van der Waals surface area contributed by atoms with Crippen LogP contribution in [0.15, 0.2) is 12.1 Å². The molecule has 0 saturated carbocycles. The Morgan fingerprint density at radius 2 is 2.14 bits per heavy atom. The van der Waals surface area contributed by atoms with Gasteiger partial charge in [-0.1, -0.05) is 11.8 Å². The second-order valence-corrected chi connectivity index (χ2v) is 6.63. The van der Waals surface area contributed by atoms with Gasteiger partial charge in [0.15, 0.2) is 11.4 Å². The number of esters is 1. The molecule has 1 aromatic heterocycles. The predicted molar refractivity (Wildman–Crippen MR) is 96.1 cm³/mol. The zero-order valence-corrected chi connectivity index (χ0v) is 15.5. The summed E-state index contributed by atoms with van der Waals surface area (Å²) >= 11 is 0. The van der Waals surface area contributed by atoms with Crippen molar-refractivity contribution in [1.82, 2.24) is 9.55 Å². The Kier molecular flexibility index (Phi) is 4.83. The topological polar surface area (TPSA) is 117 Å². The summed E-state index contributed by atoms with van der Waals surface area (Å²) in [6, 6.07) is 2.54. The molecule has 3 rings (SSSR count). The van der Waals surface area contributed by atoms with Crippen LogP contribution in [0.4, 0.5) is 4.39 Å². The largest absolute Gasteiger partial charge is 0.491 e. The number of aliphatic hydroxyl groups is 1. The van der Waals surface area contributed by atoms with Crippen LogP contribution < -0.4 is 10.5 Å². The molecule has 0 radical (unpaired) electrons. The summed E-state index contributed by atoms with van der Waals surface area (Å²) in [7, 11) is 1.17. The number of methoxy groups -OCH3 is 1. The molecule has 0 spiro atoms. The molecule has 0 aliphatic carbocycles. The standard InChI is InChI=1S/C19H18FN3O5/c1-19(2,26)5-4-10-8-11-13(9-12(10)20)28-7-6-23-15(18(25)27-3)14(16(21)24)22-17(11)23/h8-9,26H,6-7H2,1-3H3,(H2,21,24). The summed E-state index contributed by atoms with van der Waals surface area (Å²) in [5.41, 5.74) is 4.03. The lowest BCUT2D eigenvalue weighted by Crippen LogP contribution is -2.20. The molecule has 8 nitrogen and oxygen atoms in total. The van der Waals surface area contributed by atoms with Crippen molar-refractivity contribution in [3.8, 4) is 29.0 Å². The average Bonchev–Trinajstić information content (AvgIpc) is 2.90. The molecule has 9 heteroatoms. The highest BCUT2D eigenvalue weighted by Crippen LogP contribution is 2.35. The number of hydrogen-bond donors (Lipinski definition) is 2. The van der Waals surface area contributed by atoms with Crippen LogP contribution in [0.1, 0.15) is 40.4 Å². The Morgan fingerprint density at radius 1 is 1.43 bits per heavy atom. The SMILES string of the molecule is COC(=O)c1c(C(N)=O)nc2n1CCOc1cc(F)c(C#CC(C)(C)O)cc1-2. The van der Waals surface area contributed by atoms with Crippen LogP contribution in [-0.4, -0.2) is 45.9 Å². The van der Waals surface area contributed by atoms with Gasteiger partial charge >= 0.3 is 5.97 Å². The Balaban J connectivity index is 2.26. The molecule has 2 heterocycles. The molecule has 0 bridgehead atoms. The third-order valence-electron chi connectivity index (χ3n) is 3.97. The lowest BCUT2D eigenvalue weighted by atomic mass is 10.1. The van der Waals surface area contributed by atoms with E-state index in [1.54, 1.807) is 0 Å². The number of nitrogens with zero attached hydrogens (tertiary/aromatic N) is 2. The summed E-state index contributed by atoms with van der Waals surface area (Å²) in [4.78, 5) is 28.2. The molecule has 146 valence electrons. The Hall–Kier alpha value is -3.38. The van der Waals surface area contributed by atoms with Crippen LogP contribution in [0.3, 0.4) is 0 Å². The number of aromatic nitrogens is 2. The number of primary amides is 1. The number of carbonyl (C=O) groups is 2. The molecule has 1 aliphatic rings. The minimum absolute atomic E-state index is 0.00108. The predicted octanol–water partition coefficient (Wildman–Crippen LogP) is 1.09. The smallest absolute Gasteiger partial charge is 0.357 e. The Morgan fingerprint density at radius 3 is 2.75 bits per heavy atom. The average molecular weight is 387 g/mol. The van der Waals surface area contributed by atoms with Gasteiger partial charge in [-0.05, 0) is 19.9 Å². The first-order valence-corrected chi connectivity index (χ1v) is 8.33. The minimum Gasteiger partial charge on any atom is -0.491 e. The van der Waals surface area contributed by atoms with E-state index >= 15 is 0 Å². The van der Waals surface area contributed by atoms with E-state index in [0.717, 1.165) is 6.07 Å². The molecular weight excluding hydrogens is 369 g/mol. The fraction of sp³-hybridized carbons (Fsp3) is 0.316. The van der Waals surface area contributed by atoms with Crippen LogP contribution >= 0.6 is 0 Å². The van der Waals surface area contributed by atoms with E-state index in [-0.39, 0.29) is 41.7 Å². The van der Waals surface area contributed by atoms with E-state index in [1.807, 2.05) is 0 Å². The van der Waals surface area contributed by atoms with E-state index < -0.39 is 23.3 Å². The van der Waals surface area contributed by atoms with Gasteiger partial charge < -0.3 is 24.9 Å². The number of halogens is 1. The molecule has 28 heavy (non-hydrogen) atoms. The van der Waals surface area contributed by atoms with Gasteiger partial charge in [-0.2, -0.15) is 0 Å². The number of carbonyl (C=O) groups excluding carboxylic acids is 2. The fourth-order valence-electron chi connectivity index (χ4n) is 2.76. The van der Waals surface area contributed by atoms with Crippen LogP contribution in [-0.2, 0) is 11.3 Å². The van der Waals surface area contributed by atoms with Crippen LogP contribution in [0.25, 0.3) is 11.4 Å². The first kappa shape index (κ1) is 19.4. The minimum atomic E-state index is -1.31. The van der Waals surface area contributed by atoms with Gasteiger partial charge in [-0.25, -0.2) is 14.2 Å². The third-order valence-corrected chi connectivity index (χ3v) is 3.97. The maximum Gasteiger partial charge on any atom is 0.357 e. The van der Waals surface area contributed by atoms with Crippen molar-refractivity contribution in [3.63, 3.8) is 0 Å². The quantitative estimate of drug-likeness (QED) is 0.589. The number of imidazole rings is 1. The fourth-order valence-corrected chi connectivity index (χ4v) is 2.76. The molecule has 0 unspecified atom stereocenters. The Labute approximate surface area is 160 Å². The van der Waals surface area contributed by atoms with Gasteiger partial charge in [0.05, 0.1) is 24.8 Å². The molecule has 0 fully saturated rings. The molecule has 1 aliphatic heterocycles. The number of nitrogens with two attached hydrogens (primary N) is 1. The summed E-state index contributed by atoms with van der Waals surface area (Å²) in [6.45, 7) is 3.21. The summed E-state index contributed by atoms with van der Waals surface area (Å²) in [6.07, 6.45) is 0. The zero-order valence-electron chi connectivity index (χ0n) is 15.5. The number of ether oxygens (including phenoxy) is 2. The highest BCUT2D eigenvalue weighted by atomic mass is 19.1. The van der Waals surface area contributed by atoms with Crippen LogP contribution in [0.5, 0.6) is 5.75 Å². The number of benzene rings is 1. The van der Waals surface area contributed by atoms with Gasteiger partial charge in [0.2, 0.25) is 0 Å². The first-order chi connectivity index (χ1) is 13.1. The van der Waals surface area contributed by atoms with Crippen LogP contribution in [0, 0.1) is 17.7 Å². The lowest BCUT2D eigenvalue weighted by molar-refractivity contribution is 0.0583. The second-order valence-electron chi connectivity index (χ2n) is 6.63. The maximum absolute atomic E-state index is 14.4. The van der Waals surface area contributed by atoms with E-state index in [4.69, 9.17) is 15.2 Å². The molecule has 1 amide bonds. The van der Waals surface area contributed by atoms with E-state index in [9.17, 15) is 19.1 Å². The molecule has 0 atom stereocenters. The molecule has 2 aromatic rings. The zero-order chi connectivity index (χ0) is 20.6. The van der Waals surface area contributed by atoms with Crippen molar-refractivity contribution in [2.45, 2.75) is 26.0 Å². The lowest BCUT2D eigenvalue weighted by Gasteiger charge is -2.09. The van der Waals surface area contributed by atoms with Crippen molar-refractivity contribution in [3.05, 3.63) is 34.9 Å². The summed E-state index contributed by atoms with van der Waals surface area (Å²) < 4.78 is 26.2. The highest BCUT2D eigenvalue weighted by Gasteiger charge is 2.30. The van der Waals surface area contributed by atoms with Gasteiger partial charge in [0, 0.05) is 6.07 Å². The van der Waals surface area contributed by atoms with Crippen molar-refractivity contribution in [2.24, 2.45) is 5.73 Å². The highest BCUT2D eigenvalue weighted by molar-refractivity contribution is 6.03. The third kappa shape index (κ3) is 3.54. The van der Waals surface area contributed by atoms with Gasteiger partial charge in [0.1, 0.15) is 29.6 Å². The molecular formula is C19H18FN3O5.